The lowest BCUT2D eigenvalue weighted by Crippen LogP contribution is -2.29. The zero-order valence-corrected chi connectivity index (χ0v) is 10.7. The Balaban J connectivity index is 1.81. The molecule has 5 heteroatoms. The van der Waals surface area contributed by atoms with E-state index in [0.717, 1.165) is 13.0 Å². The Morgan fingerprint density at radius 3 is 2.78 bits per heavy atom. The van der Waals surface area contributed by atoms with Crippen LogP contribution in [0.15, 0.2) is 18.2 Å². The monoisotopic (exact) mass is 267 g/mol. The van der Waals surface area contributed by atoms with E-state index in [1.165, 1.54) is 0 Å². The van der Waals surface area contributed by atoms with Crippen LogP contribution in [0.3, 0.4) is 0 Å². The lowest BCUT2D eigenvalue weighted by atomic mass is 10.1. The summed E-state index contributed by atoms with van der Waals surface area (Å²) in [6, 6.07) is 5.31. The number of ether oxygens (including phenoxy) is 2. The van der Waals surface area contributed by atoms with Crippen LogP contribution in [0, 0.1) is 0 Å². The molecule has 0 bridgehead atoms. The number of carbonyl (C=O) groups is 1. The van der Waals surface area contributed by atoms with Gasteiger partial charge in [-0.3, -0.25) is 4.79 Å². The van der Waals surface area contributed by atoms with E-state index in [0.29, 0.717) is 36.8 Å². The summed E-state index contributed by atoms with van der Waals surface area (Å²) in [6.07, 6.45) is 0.859. The highest BCUT2D eigenvalue weighted by Gasteiger charge is 2.26. The molecule has 2 aliphatic rings. The molecule has 1 atom stereocenters. The van der Waals surface area contributed by atoms with Crippen molar-refractivity contribution >= 4 is 17.5 Å². The highest BCUT2D eigenvalue weighted by atomic mass is 35.5. The minimum Gasteiger partial charge on any atom is -0.486 e. The van der Waals surface area contributed by atoms with Crippen LogP contribution in [-0.4, -0.2) is 42.5 Å². The molecule has 1 aromatic rings. The molecule has 0 N–H and O–H groups in total. The van der Waals surface area contributed by atoms with Gasteiger partial charge in [0.05, 0.1) is 5.38 Å². The van der Waals surface area contributed by atoms with Crippen molar-refractivity contribution in [3.63, 3.8) is 0 Å². The van der Waals surface area contributed by atoms with Crippen molar-refractivity contribution in [1.82, 2.24) is 4.90 Å². The number of rotatable bonds is 1. The molecule has 4 nitrogen and oxygen atoms in total. The normalized spacial score (nSPS) is 22.1. The summed E-state index contributed by atoms with van der Waals surface area (Å²) >= 11 is 6.02. The number of fused-ring (bicyclic) bond motifs is 1. The van der Waals surface area contributed by atoms with Gasteiger partial charge in [-0.1, -0.05) is 0 Å². The van der Waals surface area contributed by atoms with Gasteiger partial charge in [-0.25, -0.2) is 0 Å². The molecule has 0 saturated carbocycles. The van der Waals surface area contributed by atoms with E-state index in [1.54, 1.807) is 23.1 Å². The fourth-order valence-electron chi connectivity index (χ4n) is 2.26. The van der Waals surface area contributed by atoms with E-state index in [-0.39, 0.29) is 11.3 Å². The van der Waals surface area contributed by atoms with Gasteiger partial charge in [-0.2, -0.15) is 0 Å². The average molecular weight is 268 g/mol. The van der Waals surface area contributed by atoms with Crippen LogP contribution in [-0.2, 0) is 0 Å². The molecule has 2 aliphatic heterocycles. The predicted octanol–water partition coefficient (Wildman–Crippen LogP) is 1.91. The third-order valence-electron chi connectivity index (χ3n) is 3.21. The van der Waals surface area contributed by atoms with Gasteiger partial charge in [0.15, 0.2) is 11.5 Å². The number of hydrogen-bond acceptors (Lipinski definition) is 3. The molecule has 1 amide bonds. The first-order valence-corrected chi connectivity index (χ1v) is 6.50. The minimum atomic E-state index is 0.00937. The maximum atomic E-state index is 12.2. The molecule has 0 aromatic heterocycles. The Morgan fingerprint density at radius 1 is 1.28 bits per heavy atom. The van der Waals surface area contributed by atoms with Crippen LogP contribution in [0.2, 0.25) is 0 Å². The maximum absolute atomic E-state index is 12.2. The smallest absolute Gasteiger partial charge is 0.254 e. The highest BCUT2D eigenvalue weighted by molar-refractivity contribution is 6.21. The predicted molar refractivity (Wildman–Crippen MR) is 67.6 cm³/mol. The Kier molecular flexibility index (Phi) is 3.04. The maximum Gasteiger partial charge on any atom is 0.254 e. The number of hydrogen-bond donors (Lipinski definition) is 0. The van der Waals surface area contributed by atoms with Gasteiger partial charge in [0.1, 0.15) is 13.2 Å². The molecule has 3 rings (SSSR count). The molecule has 96 valence electrons. The highest BCUT2D eigenvalue weighted by Crippen LogP contribution is 2.31. The van der Waals surface area contributed by atoms with Gasteiger partial charge in [0.2, 0.25) is 0 Å². The summed E-state index contributed by atoms with van der Waals surface area (Å²) < 4.78 is 10.9. The number of nitrogens with zero attached hydrogens (tertiary/aromatic N) is 1. The third-order valence-corrected chi connectivity index (χ3v) is 3.56. The summed E-state index contributed by atoms with van der Waals surface area (Å²) in [5, 5.41) is 0.0751. The minimum absolute atomic E-state index is 0.00937. The van der Waals surface area contributed by atoms with Crippen LogP contribution >= 0.6 is 11.6 Å². The molecule has 18 heavy (non-hydrogen) atoms. The number of carbonyl (C=O) groups excluding carboxylic acids is 1. The van der Waals surface area contributed by atoms with Crippen molar-refractivity contribution in [1.29, 1.82) is 0 Å². The number of halogens is 1. The average Bonchev–Trinajstić information content (AvgIpc) is 2.84. The SMILES string of the molecule is O=C(c1ccc2c(c1)OCCO2)N1CCC(Cl)C1. The fraction of sp³-hybridized carbons (Fsp3) is 0.462. The van der Waals surface area contributed by atoms with Crippen molar-refractivity contribution in [2.75, 3.05) is 26.3 Å². The quantitative estimate of drug-likeness (QED) is 0.730. The molecular formula is C13H14ClNO3. The van der Waals surface area contributed by atoms with E-state index in [2.05, 4.69) is 0 Å². The first kappa shape index (κ1) is 11.7. The van der Waals surface area contributed by atoms with Crippen LogP contribution < -0.4 is 9.47 Å². The topological polar surface area (TPSA) is 38.8 Å². The zero-order valence-electron chi connectivity index (χ0n) is 9.89. The molecule has 1 aromatic carbocycles. The molecule has 1 fully saturated rings. The van der Waals surface area contributed by atoms with Gasteiger partial charge in [0, 0.05) is 18.7 Å². The molecule has 1 saturated heterocycles. The lowest BCUT2D eigenvalue weighted by Gasteiger charge is -2.20. The van der Waals surface area contributed by atoms with E-state index in [1.807, 2.05) is 0 Å². The van der Waals surface area contributed by atoms with Gasteiger partial charge in [-0.15, -0.1) is 11.6 Å². The third kappa shape index (κ3) is 2.12. The Morgan fingerprint density at radius 2 is 2.06 bits per heavy atom. The Bertz CT molecular complexity index is 477. The van der Waals surface area contributed by atoms with Crippen LogP contribution in [0.5, 0.6) is 11.5 Å². The summed E-state index contributed by atoms with van der Waals surface area (Å²) in [6.45, 7) is 2.43. The number of amides is 1. The molecule has 0 spiro atoms. The second-order valence-corrected chi connectivity index (χ2v) is 5.11. The van der Waals surface area contributed by atoms with Crippen molar-refractivity contribution in [3.05, 3.63) is 23.8 Å². The van der Waals surface area contributed by atoms with E-state index >= 15 is 0 Å². The zero-order chi connectivity index (χ0) is 12.5. The van der Waals surface area contributed by atoms with Crippen molar-refractivity contribution < 1.29 is 14.3 Å². The summed E-state index contributed by atoms with van der Waals surface area (Å²) in [4.78, 5) is 14.0. The van der Waals surface area contributed by atoms with E-state index < -0.39 is 0 Å². The molecule has 2 heterocycles. The van der Waals surface area contributed by atoms with Gasteiger partial charge in [0.25, 0.3) is 5.91 Å². The van der Waals surface area contributed by atoms with E-state index in [4.69, 9.17) is 21.1 Å². The van der Waals surface area contributed by atoms with Crippen LogP contribution in [0.4, 0.5) is 0 Å². The Hall–Kier alpha value is -1.42. The summed E-state index contributed by atoms with van der Waals surface area (Å²) in [7, 11) is 0. The second-order valence-electron chi connectivity index (χ2n) is 4.50. The standard InChI is InChI=1S/C13H14ClNO3/c14-10-3-4-15(8-10)13(16)9-1-2-11-12(7-9)18-6-5-17-11/h1-2,7,10H,3-6,8H2. The molecule has 1 unspecified atom stereocenters. The van der Waals surface area contributed by atoms with Gasteiger partial charge >= 0.3 is 0 Å². The largest absolute Gasteiger partial charge is 0.486 e. The van der Waals surface area contributed by atoms with Crippen molar-refractivity contribution in [3.8, 4) is 11.5 Å². The second kappa shape index (κ2) is 4.69. The van der Waals surface area contributed by atoms with Gasteiger partial charge in [-0.05, 0) is 24.6 Å². The molecule has 0 aliphatic carbocycles. The number of benzene rings is 1. The lowest BCUT2D eigenvalue weighted by molar-refractivity contribution is 0.0792. The van der Waals surface area contributed by atoms with Crippen LogP contribution in [0.1, 0.15) is 16.8 Å². The summed E-state index contributed by atoms with van der Waals surface area (Å²) in [5.41, 5.74) is 0.630. The summed E-state index contributed by atoms with van der Waals surface area (Å²) in [5.74, 6) is 1.36. The van der Waals surface area contributed by atoms with Crippen molar-refractivity contribution in [2.24, 2.45) is 0 Å². The van der Waals surface area contributed by atoms with Crippen molar-refractivity contribution in [2.45, 2.75) is 11.8 Å². The first-order chi connectivity index (χ1) is 8.74. The number of alkyl halides is 1. The fourth-order valence-corrected chi connectivity index (χ4v) is 2.53. The molecule has 0 radical (unpaired) electrons. The number of likely N-dealkylation sites (tertiary alicyclic amines) is 1. The first-order valence-electron chi connectivity index (χ1n) is 6.07. The van der Waals surface area contributed by atoms with Crippen LogP contribution in [0.25, 0.3) is 0 Å². The van der Waals surface area contributed by atoms with E-state index in [9.17, 15) is 4.79 Å². The Labute approximate surface area is 110 Å². The van der Waals surface area contributed by atoms with Gasteiger partial charge < -0.3 is 14.4 Å². The molecular weight excluding hydrogens is 254 g/mol.